The van der Waals surface area contributed by atoms with Crippen LogP contribution in [-0.2, 0) is 0 Å². The van der Waals surface area contributed by atoms with Gasteiger partial charge in [-0.25, -0.2) is 0 Å². The zero-order valence-corrected chi connectivity index (χ0v) is 10.2. The van der Waals surface area contributed by atoms with Gasteiger partial charge < -0.3 is 0 Å². The van der Waals surface area contributed by atoms with Crippen molar-refractivity contribution >= 4 is 0 Å². The van der Waals surface area contributed by atoms with Crippen molar-refractivity contribution in [2.24, 2.45) is 0 Å². The quantitative estimate of drug-likeness (QED) is 0.527. The second-order valence-electron chi connectivity index (χ2n) is 3.36. The molecule has 0 unspecified atom stereocenters. The molecule has 0 aromatic carbocycles. The normalized spacial score (nSPS) is 11.8. The van der Waals surface area contributed by atoms with Crippen LogP contribution >= 0.6 is 0 Å². The molecule has 0 fully saturated rings. The van der Waals surface area contributed by atoms with Crippen molar-refractivity contribution in [2.75, 3.05) is 0 Å². The third-order valence-corrected chi connectivity index (χ3v) is 3.97. The minimum absolute atomic E-state index is 0.104. The molecule has 1 heterocycles. The Morgan fingerprint density at radius 1 is 1.33 bits per heavy atom. The SMILES string of the molecule is CC(C)[I-]n1ccnc1C(C)C. The van der Waals surface area contributed by atoms with Gasteiger partial charge in [-0.15, -0.1) is 0 Å². The van der Waals surface area contributed by atoms with Crippen LogP contribution < -0.4 is 21.5 Å². The van der Waals surface area contributed by atoms with E-state index >= 15 is 0 Å². The van der Waals surface area contributed by atoms with Gasteiger partial charge in [-0.3, -0.25) is 0 Å². The first-order chi connectivity index (χ1) is 5.61. The summed E-state index contributed by atoms with van der Waals surface area (Å²) >= 11 is 0.104. The van der Waals surface area contributed by atoms with Crippen LogP contribution in [0.1, 0.15) is 39.4 Å². The van der Waals surface area contributed by atoms with Gasteiger partial charge >= 0.3 is 85.0 Å². The summed E-state index contributed by atoms with van der Waals surface area (Å²) < 4.78 is 3.16. The van der Waals surface area contributed by atoms with Crippen LogP contribution in [-0.4, -0.2) is 11.7 Å². The van der Waals surface area contributed by atoms with E-state index in [0.717, 1.165) is 3.92 Å². The molecule has 1 rings (SSSR count). The van der Waals surface area contributed by atoms with Crippen LogP contribution in [0.25, 0.3) is 0 Å². The summed E-state index contributed by atoms with van der Waals surface area (Å²) in [5.41, 5.74) is 0. The molecule has 0 saturated carbocycles. The van der Waals surface area contributed by atoms with Crippen molar-refractivity contribution < 1.29 is 21.5 Å². The number of imidazole rings is 1. The summed E-state index contributed by atoms with van der Waals surface area (Å²) in [5.74, 6) is 1.80. The van der Waals surface area contributed by atoms with E-state index in [-0.39, 0.29) is 21.5 Å². The summed E-state index contributed by atoms with van der Waals surface area (Å²) in [7, 11) is 0. The van der Waals surface area contributed by atoms with Crippen LogP contribution in [0, 0.1) is 0 Å². The standard InChI is InChI=1S/C9H16IN2/c1-7(2)9-11-5-6-12(9)10-8(3)4/h5-8H,1-4H3/q-1. The number of aromatic nitrogens is 2. The van der Waals surface area contributed by atoms with E-state index in [1.807, 2.05) is 6.20 Å². The molecule has 0 N–H and O–H groups in total. The zero-order chi connectivity index (χ0) is 9.14. The molecular formula is C9H16IN2-. The van der Waals surface area contributed by atoms with Crippen molar-refractivity contribution in [2.45, 2.75) is 37.5 Å². The van der Waals surface area contributed by atoms with Gasteiger partial charge in [0.1, 0.15) is 0 Å². The first-order valence-corrected chi connectivity index (χ1v) is 6.49. The van der Waals surface area contributed by atoms with Crippen LogP contribution in [0.4, 0.5) is 0 Å². The molecule has 0 amide bonds. The van der Waals surface area contributed by atoms with Crippen molar-refractivity contribution in [3.8, 4) is 0 Å². The Bertz CT molecular complexity index is 240. The zero-order valence-electron chi connectivity index (χ0n) is 8.08. The monoisotopic (exact) mass is 279 g/mol. The second kappa shape index (κ2) is 4.25. The van der Waals surface area contributed by atoms with E-state index in [0.29, 0.717) is 5.92 Å². The molecule has 0 bridgehead atoms. The van der Waals surface area contributed by atoms with Gasteiger partial charge in [0.25, 0.3) is 0 Å². The van der Waals surface area contributed by atoms with Gasteiger partial charge in [-0.05, 0) is 0 Å². The summed E-state index contributed by atoms with van der Waals surface area (Å²) in [6.45, 7) is 8.95. The van der Waals surface area contributed by atoms with Crippen molar-refractivity contribution in [1.82, 2.24) is 7.76 Å². The van der Waals surface area contributed by atoms with Crippen molar-refractivity contribution in [3.05, 3.63) is 18.2 Å². The second-order valence-corrected chi connectivity index (χ2v) is 7.45. The summed E-state index contributed by atoms with van der Waals surface area (Å²) in [5, 5.41) is 0. The molecule has 2 nitrogen and oxygen atoms in total. The van der Waals surface area contributed by atoms with Crippen LogP contribution in [0.15, 0.2) is 12.4 Å². The van der Waals surface area contributed by atoms with Crippen LogP contribution in [0.5, 0.6) is 0 Å². The Labute approximate surface area is 85.0 Å². The first-order valence-electron chi connectivity index (χ1n) is 4.28. The molecule has 0 aliphatic carbocycles. The van der Waals surface area contributed by atoms with E-state index in [2.05, 4.69) is 41.7 Å². The molecule has 3 heteroatoms. The molecule has 0 radical (unpaired) electrons. The third kappa shape index (κ3) is 2.47. The molecule has 1 aromatic heterocycles. The van der Waals surface area contributed by atoms with Gasteiger partial charge in [-0.2, -0.15) is 0 Å². The predicted molar refractivity (Wildman–Crippen MR) is 46.9 cm³/mol. The number of hydrogen-bond donors (Lipinski definition) is 0. The topological polar surface area (TPSA) is 17.8 Å². The summed E-state index contributed by atoms with van der Waals surface area (Å²) in [6.07, 6.45) is 4.03. The van der Waals surface area contributed by atoms with E-state index in [1.165, 1.54) is 5.82 Å². The van der Waals surface area contributed by atoms with E-state index < -0.39 is 0 Å². The van der Waals surface area contributed by atoms with Gasteiger partial charge in [-0.1, -0.05) is 0 Å². The molecule has 1 aromatic rings. The third-order valence-electron chi connectivity index (χ3n) is 1.44. The summed E-state index contributed by atoms with van der Waals surface area (Å²) in [4.78, 5) is 4.36. The number of halogens is 1. The maximum atomic E-state index is 4.36. The molecule has 0 saturated heterocycles. The Kier molecular flexibility index (Phi) is 3.55. The molecule has 0 aliphatic heterocycles. The van der Waals surface area contributed by atoms with Gasteiger partial charge in [0.2, 0.25) is 0 Å². The Balaban J connectivity index is 2.77. The average molecular weight is 279 g/mol. The van der Waals surface area contributed by atoms with Crippen molar-refractivity contribution in [1.29, 1.82) is 0 Å². The fourth-order valence-corrected chi connectivity index (χ4v) is 3.49. The van der Waals surface area contributed by atoms with Crippen LogP contribution in [0.3, 0.4) is 0 Å². The number of hydrogen-bond acceptors (Lipinski definition) is 1. The molecule has 0 atom stereocenters. The Morgan fingerprint density at radius 3 is 2.50 bits per heavy atom. The first kappa shape index (κ1) is 10.0. The Morgan fingerprint density at radius 2 is 2.00 bits per heavy atom. The average Bonchev–Trinajstić information content (AvgIpc) is 2.33. The molecular weight excluding hydrogens is 263 g/mol. The van der Waals surface area contributed by atoms with Gasteiger partial charge in [0.15, 0.2) is 0 Å². The molecule has 12 heavy (non-hydrogen) atoms. The molecule has 0 aliphatic rings. The van der Waals surface area contributed by atoms with Crippen LogP contribution in [0.2, 0.25) is 0 Å². The minimum atomic E-state index is 0.104. The molecule has 70 valence electrons. The number of alkyl halides is 1. The predicted octanol–water partition coefficient (Wildman–Crippen LogP) is -0.733. The maximum absolute atomic E-state index is 4.36. The van der Waals surface area contributed by atoms with Gasteiger partial charge in [0.05, 0.1) is 0 Å². The van der Waals surface area contributed by atoms with E-state index in [4.69, 9.17) is 0 Å². The number of nitrogens with zero attached hydrogens (tertiary/aromatic N) is 2. The van der Waals surface area contributed by atoms with Gasteiger partial charge in [0, 0.05) is 0 Å². The summed E-state index contributed by atoms with van der Waals surface area (Å²) in [6, 6.07) is 0. The number of rotatable bonds is 3. The molecule has 0 spiro atoms. The van der Waals surface area contributed by atoms with E-state index in [1.54, 1.807) is 0 Å². The van der Waals surface area contributed by atoms with Crippen molar-refractivity contribution in [3.63, 3.8) is 0 Å². The van der Waals surface area contributed by atoms with E-state index in [9.17, 15) is 0 Å². The fraction of sp³-hybridized carbons (Fsp3) is 0.667. The Hall–Kier alpha value is -0.0600. The fourth-order valence-electron chi connectivity index (χ4n) is 0.988.